The molecule has 0 aromatic heterocycles. The molecule has 0 aliphatic rings. The lowest BCUT2D eigenvalue weighted by Gasteiger charge is -2.21. The van der Waals surface area contributed by atoms with Crippen LogP contribution in [-0.4, -0.2) is 23.8 Å². The van der Waals surface area contributed by atoms with Gasteiger partial charge in [0.25, 0.3) is 11.8 Å². The van der Waals surface area contributed by atoms with E-state index in [2.05, 4.69) is 16.0 Å². The summed E-state index contributed by atoms with van der Waals surface area (Å²) in [7, 11) is 0. The summed E-state index contributed by atoms with van der Waals surface area (Å²) < 4.78 is 0. The van der Waals surface area contributed by atoms with Crippen LogP contribution in [0.3, 0.4) is 0 Å². The van der Waals surface area contributed by atoms with Crippen molar-refractivity contribution in [2.75, 3.05) is 0 Å². The Labute approximate surface area is 200 Å². The fourth-order valence-corrected chi connectivity index (χ4v) is 3.60. The predicted molar refractivity (Wildman–Crippen MR) is 133 cm³/mol. The highest BCUT2D eigenvalue weighted by molar-refractivity contribution is 6.08. The summed E-state index contributed by atoms with van der Waals surface area (Å²) in [5.41, 5.74) is 2.44. The molecule has 6 nitrogen and oxygen atoms in total. The van der Waals surface area contributed by atoms with E-state index in [1.165, 1.54) is 0 Å². The van der Waals surface area contributed by atoms with Gasteiger partial charge in [-0.05, 0) is 35.6 Å². The number of carbonyl (C=O) groups excluding carboxylic acids is 3. The van der Waals surface area contributed by atoms with Crippen LogP contribution in [0.4, 0.5) is 0 Å². The molecule has 1 atom stereocenters. The first kappa shape index (κ1) is 24.7. The average molecular weight is 458 g/mol. The normalized spacial score (nSPS) is 11.5. The number of nitrogens with one attached hydrogen (secondary N) is 3. The van der Waals surface area contributed by atoms with Crippen molar-refractivity contribution in [1.82, 2.24) is 16.0 Å². The first-order chi connectivity index (χ1) is 16.4. The van der Waals surface area contributed by atoms with Crippen molar-refractivity contribution in [3.8, 4) is 0 Å². The van der Waals surface area contributed by atoms with Crippen LogP contribution >= 0.6 is 0 Å². The molecule has 176 valence electrons. The molecule has 0 fully saturated rings. The molecule has 0 aliphatic heterocycles. The van der Waals surface area contributed by atoms with Crippen molar-refractivity contribution in [3.05, 3.63) is 107 Å². The van der Waals surface area contributed by atoms with E-state index < -0.39 is 11.9 Å². The molecule has 0 saturated heterocycles. The Bertz CT molecular complexity index is 1100. The zero-order valence-electron chi connectivity index (χ0n) is 19.6. The molecule has 0 spiro atoms. The molecule has 0 saturated carbocycles. The van der Waals surface area contributed by atoms with Crippen LogP contribution < -0.4 is 16.0 Å². The first-order valence-electron chi connectivity index (χ1n) is 11.5. The van der Waals surface area contributed by atoms with Gasteiger partial charge in [-0.1, -0.05) is 86.6 Å². The minimum Gasteiger partial charge on any atom is -0.350 e. The molecule has 0 bridgehead atoms. The second-order valence-electron chi connectivity index (χ2n) is 8.57. The molecule has 3 aromatic carbocycles. The van der Waals surface area contributed by atoms with Crippen molar-refractivity contribution in [3.63, 3.8) is 0 Å². The molecule has 34 heavy (non-hydrogen) atoms. The van der Waals surface area contributed by atoms with E-state index in [1.54, 1.807) is 24.3 Å². The Morgan fingerprint density at radius 1 is 0.647 bits per heavy atom. The van der Waals surface area contributed by atoms with Crippen molar-refractivity contribution >= 4 is 17.7 Å². The minimum absolute atomic E-state index is 0.192. The van der Waals surface area contributed by atoms with E-state index in [-0.39, 0.29) is 28.9 Å². The lowest BCUT2D eigenvalue weighted by Crippen LogP contribution is -2.47. The molecule has 3 rings (SSSR count). The largest absolute Gasteiger partial charge is 0.350 e. The molecular weight excluding hydrogens is 426 g/mol. The summed E-state index contributed by atoms with van der Waals surface area (Å²) >= 11 is 0. The van der Waals surface area contributed by atoms with Gasteiger partial charge in [-0.2, -0.15) is 0 Å². The summed E-state index contributed by atoms with van der Waals surface area (Å²) in [4.78, 5) is 38.9. The lowest BCUT2D eigenvalue weighted by molar-refractivity contribution is -0.123. The van der Waals surface area contributed by atoms with Crippen LogP contribution in [0.25, 0.3) is 0 Å². The molecule has 1 unspecified atom stereocenters. The summed E-state index contributed by atoms with van der Waals surface area (Å²) in [6.07, 6.45) is 0.481. The average Bonchev–Trinajstić information content (AvgIpc) is 2.86. The van der Waals surface area contributed by atoms with Gasteiger partial charge in [-0.3, -0.25) is 14.4 Å². The molecule has 3 aromatic rings. The minimum atomic E-state index is -0.711. The van der Waals surface area contributed by atoms with E-state index >= 15 is 0 Å². The smallest absolute Gasteiger partial charge is 0.252 e. The second kappa shape index (κ2) is 12.3. The number of carbonyl (C=O) groups is 3. The second-order valence-corrected chi connectivity index (χ2v) is 8.57. The lowest BCUT2D eigenvalue weighted by atomic mass is 10.0. The Kier molecular flexibility index (Phi) is 8.97. The number of hydrogen-bond acceptors (Lipinski definition) is 3. The molecule has 0 aliphatic carbocycles. The Balaban J connectivity index is 1.68. The van der Waals surface area contributed by atoms with E-state index in [9.17, 15) is 14.4 Å². The highest BCUT2D eigenvalue weighted by Crippen LogP contribution is 2.12. The number of rotatable bonds is 10. The van der Waals surface area contributed by atoms with E-state index in [4.69, 9.17) is 0 Å². The third-order valence-corrected chi connectivity index (χ3v) is 5.35. The predicted octanol–water partition coefficient (Wildman–Crippen LogP) is 4.08. The van der Waals surface area contributed by atoms with Crippen LogP contribution in [0.15, 0.2) is 84.9 Å². The Morgan fingerprint density at radius 2 is 1.12 bits per heavy atom. The van der Waals surface area contributed by atoms with Gasteiger partial charge in [-0.25, -0.2) is 0 Å². The SMILES string of the molecule is CC(C)CC(NC(=O)c1ccccc1C(=O)NCc1ccccc1)C(=O)NCc1ccccc1. The standard InChI is InChI=1S/C28H31N3O3/c1-20(2)17-25(28(34)30-19-22-13-7-4-8-14-22)31-27(33)24-16-10-9-15-23(24)26(32)29-18-21-11-5-3-6-12-21/h3-16,20,25H,17-19H2,1-2H3,(H,29,32)(H,30,34)(H,31,33). The van der Waals surface area contributed by atoms with Gasteiger partial charge in [-0.15, -0.1) is 0 Å². The van der Waals surface area contributed by atoms with Gasteiger partial charge >= 0.3 is 0 Å². The quantitative estimate of drug-likeness (QED) is 0.429. The summed E-state index contributed by atoms with van der Waals surface area (Å²) in [5, 5.41) is 8.60. The van der Waals surface area contributed by atoms with Crippen molar-refractivity contribution in [1.29, 1.82) is 0 Å². The molecule has 3 N–H and O–H groups in total. The van der Waals surface area contributed by atoms with Crippen molar-refractivity contribution in [2.45, 2.75) is 39.4 Å². The number of hydrogen-bond donors (Lipinski definition) is 3. The van der Waals surface area contributed by atoms with E-state index in [0.29, 0.717) is 19.5 Å². The molecule has 6 heteroatoms. The van der Waals surface area contributed by atoms with Crippen LogP contribution in [0.2, 0.25) is 0 Å². The van der Waals surface area contributed by atoms with Gasteiger partial charge < -0.3 is 16.0 Å². The van der Waals surface area contributed by atoms with Crippen LogP contribution in [0.1, 0.15) is 52.1 Å². The molecular formula is C28H31N3O3. The highest BCUT2D eigenvalue weighted by atomic mass is 16.2. The fourth-order valence-electron chi connectivity index (χ4n) is 3.60. The van der Waals surface area contributed by atoms with Gasteiger partial charge in [0.05, 0.1) is 11.1 Å². The third kappa shape index (κ3) is 7.30. The Morgan fingerprint density at radius 3 is 1.65 bits per heavy atom. The first-order valence-corrected chi connectivity index (χ1v) is 11.5. The molecule has 0 radical (unpaired) electrons. The van der Waals surface area contributed by atoms with Crippen LogP contribution in [0, 0.1) is 5.92 Å². The number of benzene rings is 3. The van der Waals surface area contributed by atoms with Crippen LogP contribution in [0.5, 0.6) is 0 Å². The maximum atomic E-state index is 13.1. The maximum Gasteiger partial charge on any atom is 0.252 e. The van der Waals surface area contributed by atoms with E-state index in [1.807, 2.05) is 74.5 Å². The number of amides is 3. The fraction of sp³-hybridized carbons (Fsp3) is 0.250. The Hall–Kier alpha value is -3.93. The van der Waals surface area contributed by atoms with Gasteiger partial charge in [0.15, 0.2) is 0 Å². The van der Waals surface area contributed by atoms with Gasteiger partial charge in [0.2, 0.25) is 5.91 Å². The maximum absolute atomic E-state index is 13.1. The van der Waals surface area contributed by atoms with Gasteiger partial charge in [0, 0.05) is 13.1 Å². The van der Waals surface area contributed by atoms with Gasteiger partial charge in [0.1, 0.15) is 6.04 Å². The summed E-state index contributed by atoms with van der Waals surface area (Å²) in [5.74, 6) is -0.858. The van der Waals surface area contributed by atoms with Crippen molar-refractivity contribution in [2.24, 2.45) is 5.92 Å². The zero-order valence-corrected chi connectivity index (χ0v) is 19.6. The monoisotopic (exact) mass is 457 g/mol. The summed E-state index contributed by atoms with van der Waals surface area (Å²) in [6.45, 7) is 4.72. The molecule has 3 amide bonds. The van der Waals surface area contributed by atoms with Crippen molar-refractivity contribution < 1.29 is 14.4 Å². The molecule has 0 heterocycles. The third-order valence-electron chi connectivity index (χ3n) is 5.35. The topological polar surface area (TPSA) is 87.3 Å². The summed E-state index contributed by atoms with van der Waals surface area (Å²) in [6, 6.07) is 25.1. The van der Waals surface area contributed by atoms with E-state index in [0.717, 1.165) is 11.1 Å². The highest BCUT2D eigenvalue weighted by Gasteiger charge is 2.24. The zero-order chi connectivity index (χ0) is 24.3. The van der Waals surface area contributed by atoms with Crippen LogP contribution in [-0.2, 0) is 17.9 Å².